The summed E-state index contributed by atoms with van der Waals surface area (Å²) in [5.74, 6) is 2.05. The van der Waals surface area contributed by atoms with Gasteiger partial charge >= 0.3 is 6.03 Å². The number of aromatic nitrogens is 2. The third kappa shape index (κ3) is 7.71. The number of benzene rings is 1. The van der Waals surface area contributed by atoms with Crippen molar-refractivity contribution in [3.05, 3.63) is 30.3 Å². The van der Waals surface area contributed by atoms with E-state index < -0.39 is 0 Å². The molecule has 3 amide bonds. The maximum atomic E-state index is 13.1. The van der Waals surface area contributed by atoms with Gasteiger partial charge in [-0.25, -0.2) is 4.79 Å². The Morgan fingerprint density at radius 1 is 1.03 bits per heavy atom. The first-order valence-electron chi connectivity index (χ1n) is 13.0. The predicted molar refractivity (Wildman–Crippen MR) is 144 cm³/mol. The number of unbranched alkanes of at least 4 members (excludes halogenated alkanes) is 1. The maximum absolute atomic E-state index is 13.1. The van der Waals surface area contributed by atoms with Crippen LogP contribution in [0.15, 0.2) is 30.3 Å². The van der Waals surface area contributed by atoms with Crippen molar-refractivity contribution in [3.8, 4) is 22.8 Å². The lowest BCUT2D eigenvalue weighted by Gasteiger charge is -2.28. The molecule has 0 aliphatic carbocycles. The fourth-order valence-electron chi connectivity index (χ4n) is 4.24. The molecule has 2 aromatic rings. The first kappa shape index (κ1) is 28.0. The van der Waals surface area contributed by atoms with E-state index in [1.807, 2.05) is 49.1 Å². The Labute approximate surface area is 219 Å². The van der Waals surface area contributed by atoms with Gasteiger partial charge in [-0.2, -0.15) is 0 Å². The second-order valence-corrected chi connectivity index (χ2v) is 9.45. The predicted octanol–water partition coefficient (Wildman–Crippen LogP) is 3.42. The SMILES string of the molecule is CCCCN(CC(=O)N1CCCN(c2ccc(-c3ccc(OC)c(OC)c3)nn2)CC1)C(=O)NC(C)C. The summed E-state index contributed by atoms with van der Waals surface area (Å²) in [6, 6.07) is 9.39. The largest absolute Gasteiger partial charge is 0.493 e. The fourth-order valence-corrected chi connectivity index (χ4v) is 4.24. The molecular weight excluding hydrogens is 472 g/mol. The van der Waals surface area contributed by atoms with E-state index >= 15 is 0 Å². The third-order valence-electron chi connectivity index (χ3n) is 6.31. The van der Waals surface area contributed by atoms with Crippen LogP contribution in [-0.4, -0.2) is 91.5 Å². The van der Waals surface area contributed by atoms with E-state index in [-0.39, 0.29) is 24.5 Å². The molecule has 1 aromatic heterocycles. The van der Waals surface area contributed by atoms with Gasteiger partial charge in [-0.1, -0.05) is 13.3 Å². The summed E-state index contributed by atoms with van der Waals surface area (Å²) in [5.41, 5.74) is 1.63. The van der Waals surface area contributed by atoms with Crippen molar-refractivity contribution in [3.63, 3.8) is 0 Å². The van der Waals surface area contributed by atoms with Crippen LogP contribution in [0.5, 0.6) is 11.5 Å². The number of urea groups is 1. The second kappa shape index (κ2) is 13.7. The van der Waals surface area contributed by atoms with Crippen LogP contribution in [-0.2, 0) is 4.79 Å². The number of hydrogen-bond donors (Lipinski definition) is 1. The lowest BCUT2D eigenvalue weighted by atomic mass is 10.1. The van der Waals surface area contributed by atoms with E-state index in [1.165, 1.54) is 0 Å². The van der Waals surface area contributed by atoms with Crippen molar-refractivity contribution in [2.24, 2.45) is 0 Å². The first-order chi connectivity index (χ1) is 17.9. The molecule has 0 saturated carbocycles. The van der Waals surface area contributed by atoms with E-state index in [1.54, 1.807) is 19.1 Å². The highest BCUT2D eigenvalue weighted by atomic mass is 16.5. The van der Waals surface area contributed by atoms with E-state index in [2.05, 4.69) is 27.3 Å². The van der Waals surface area contributed by atoms with Crippen LogP contribution in [0.3, 0.4) is 0 Å². The van der Waals surface area contributed by atoms with E-state index in [0.717, 1.165) is 42.9 Å². The molecule has 0 radical (unpaired) electrons. The molecule has 202 valence electrons. The van der Waals surface area contributed by atoms with Crippen LogP contribution in [0.1, 0.15) is 40.0 Å². The summed E-state index contributed by atoms with van der Waals surface area (Å²) in [6.45, 7) is 9.25. The third-order valence-corrected chi connectivity index (χ3v) is 6.31. The van der Waals surface area contributed by atoms with Crippen molar-refractivity contribution in [2.45, 2.75) is 46.1 Å². The number of anilines is 1. The van der Waals surface area contributed by atoms with Crippen molar-refractivity contribution < 1.29 is 19.1 Å². The molecule has 0 atom stereocenters. The highest BCUT2D eigenvalue weighted by Gasteiger charge is 2.24. The van der Waals surface area contributed by atoms with Gasteiger partial charge in [0.2, 0.25) is 5.91 Å². The van der Waals surface area contributed by atoms with Crippen LogP contribution in [0, 0.1) is 0 Å². The minimum absolute atomic E-state index is 0.0215. The van der Waals surface area contributed by atoms with Gasteiger partial charge in [-0.05, 0) is 57.0 Å². The summed E-state index contributed by atoms with van der Waals surface area (Å²) in [6.07, 6.45) is 2.65. The number of rotatable bonds is 10. The number of methoxy groups -OCH3 is 2. The summed E-state index contributed by atoms with van der Waals surface area (Å²) < 4.78 is 10.7. The molecule has 37 heavy (non-hydrogen) atoms. The number of carbonyl (C=O) groups excluding carboxylic acids is 2. The minimum atomic E-state index is -0.182. The highest BCUT2D eigenvalue weighted by Crippen LogP contribution is 2.31. The second-order valence-electron chi connectivity index (χ2n) is 9.45. The van der Waals surface area contributed by atoms with E-state index in [9.17, 15) is 9.59 Å². The molecular formula is C27H40N6O4. The van der Waals surface area contributed by atoms with Crippen LogP contribution in [0.2, 0.25) is 0 Å². The highest BCUT2D eigenvalue weighted by molar-refractivity contribution is 5.84. The Balaban J connectivity index is 1.61. The van der Waals surface area contributed by atoms with Crippen LogP contribution >= 0.6 is 0 Å². The van der Waals surface area contributed by atoms with Gasteiger partial charge < -0.3 is 29.5 Å². The molecule has 10 nitrogen and oxygen atoms in total. The smallest absolute Gasteiger partial charge is 0.318 e. The molecule has 1 N–H and O–H groups in total. The van der Waals surface area contributed by atoms with Crippen molar-refractivity contribution in [1.29, 1.82) is 0 Å². The van der Waals surface area contributed by atoms with Gasteiger partial charge in [-0.3, -0.25) is 4.79 Å². The quantitative estimate of drug-likeness (QED) is 0.521. The fraction of sp³-hybridized carbons (Fsp3) is 0.556. The number of carbonyl (C=O) groups is 2. The topological polar surface area (TPSA) is 100 Å². The number of nitrogens with one attached hydrogen (secondary N) is 1. The minimum Gasteiger partial charge on any atom is -0.493 e. The molecule has 0 unspecified atom stereocenters. The molecule has 1 aromatic carbocycles. The number of ether oxygens (including phenoxy) is 2. The van der Waals surface area contributed by atoms with Gasteiger partial charge in [0.05, 0.1) is 19.9 Å². The number of amides is 3. The van der Waals surface area contributed by atoms with Crippen molar-refractivity contribution >= 4 is 17.8 Å². The molecule has 10 heteroatoms. The van der Waals surface area contributed by atoms with Gasteiger partial charge in [0.1, 0.15) is 6.54 Å². The summed E-state index contributed by atoms with van der Waals surface area (Å²) in [7, 11) is 3.21. The standard InChI is InChI=1S/C27H40N6O4/c1-6-7-13-33(27(35)28-20(2)3)19-26(34)32-15-8-14-31(16-17-32)25-12-10-22(29-30-25)21-9-11-23(36-4)24(18-21)37-5/h9-12,18,20H,6-8,13-17,19H2,1-5H3,(H,28,35). The van der Waals surface area contributed by atoms with Crippen LogP contribution in [0.4, 0.5) is 10.6 Å². The number of nitrogens with zero attached hydrogens (tertiary/aromatic N) is 5. The van der Waals surface area contributed by atoms with E-state index in [0.29, 0.717) is 37.7 Å². The van der Waals surface area contributed by atoms with Gasteiger partial charge in [-0.15, -0.1) is 10.2 Å². The first-order valence-corrected chi connectivity index (χ1v) is 13.0. The van der Waals surface area contributed by atoms with Gasteiger partial charge in [0.15, 0.2) is 17.3 Å². The Morgan fingerprint density at radius 2 is 1.81 bits per heavy atom. The van der Waals surface area contributed by atoms with Gasteiger partial charge in [0.25, 0.3) is 0 Å². The molecule has 1 saturated heterocycles. The molecule has 1 aliphatic rings. The molecule has 3 rings (SSSR count). The average Bonchev–Trinajstić information content (AvgIpc) is 3.16. The van der Waals surface area contributed by atoms with Gasteiger partial charge in [0, 0.05) is 44.3 Å². The van der Waals surface area contributed by atoms with Crippen molar-refractivity contribution in [2.75, 3.05) is 58.4 Å². The van der Waals surface area contributed by atoms with E-state index in [4.69, 9.17) is 9.47 Å². The summed E-state index contributed by atoms with van der Waals surface area (Å²) in [5, 5.41) is 11.8. The van der Waals surface area contributed by atoms with Crippen molar-refractivity contribution in [1.82, 2.24) is 25.3 Å². The molecule has 0 spiro atoms. The van der Waals surface area contributed by atoms with Crippen LogP contribution < -0.4 is 19.7 Å². The lowest BCUT2D eigenvalue weighted by molar-refractivity contribution is -0.131. The normalized spacial score (nSPS) is 13.8. The average molecular weight is 513 g/mol. The zero-order valence-corrected chi connectivity index (χ0v) is 22.7. The Hall–Kier alpha value is -3.56. The maximum Gasteiger partial charge on any atom is 0.318 e. The lowest BCUT2D eigenvalue weighted by Crippen LogP contribution is -2.49. The molecule has 1 aliphatic heterocycles. The van der Waals surface area contributed by atoms with Crippen LogP contribution in [0.25, 0.3) is 11.3 Å². The number of hydrogen-bond acceptors (Lipinski definition) is 7. The Bertz CT molecular complexity index is 1030. The Kier molecular flexibility index (Phi) is 10.3. The molecule has 2 heterocycles. The molecule has 1 fully saturated rings. The molecule has 0 bridgehead atoms. The zero-order valence-electron chi connectivity index (χ0n) is 22.7. The Morgan fingerprint density at radius 3 is 2.46 bits per heavy atom. The summed E-state index contributed by atoms with van der Waals surface area (Å²) >= 11 is 0. The summed E-state index contributed by atoms with van der Waals surface area (Å²) in [4.78, 5) is 31.3. The zero-order chi connectivity index (χ0) is 26.8. The monoisotopic (exact) mass is 512 g/mol.